The number of hydrogen-bond donors (Lipinski definition) is 0. The van der Waals surface area contributed by atoms with Crippen molar-refractivity contribution >= 4 is 39.3 Å². The Balaban J connectivity index is 1.85. The molecule has 3 aromatic rings. The van der Waals surface area contributed by atoms with E-state index in [0.717, 1.165) is 21.3 Å². The third-order valence-electron chi connectivity index (χ3n) is 4.13. The molecule has 0 aromatic heterocycles. The number of rotatable bonds is 3. The first-order chi connectivity index (χ1) is 12.7. The molecule has 4 rings (SSSR count). The second-order valence-electron chi connectivity index (χ2n) is 5.85. The number of carbonyl (C=O) groups is 1. The third kappa shape index (κ3) is 3.11. The molecule has 1 aliphatic rings. The highest BCUT2D eigenvalue weighted by Crippen LogP contribution is 2.29. The van der Waals surface area contributed by atoms with Crippen molar-refractivity contribution in [2.24, 2.45) is 5.10 Å². The van der Waals surface area contributed by atoms with Gasteiger partial charge in [0.25, 0.3) is 5.91 Å². The van der Waals surface area contributed by atoms with E-state index in [1.54, 1.807) is 0 Å². The average molecular weight is 403 g/mol. The number of amides is 1. The van der Waals surface area contributed by atoms with Crippen molar-refractivity contribution in [2.75, 3.05) is 5.01 Å². The van der Waals surface area contributed by atoms with Crippen molar-refractivity contribution < 1.29 is 4.79 Å². The maximum atomic E-state index is 13.1. The first-order valence-corrected chi connectivity index (χ1v) is 9.03. The van der Waals surface area contributed by atoms with Crippen LogP contribution in [0.5, 0.6) is 0 Å². The van der Waals surface area contributed by atoms with E-state index in [4.69, 9.17) is 0 Å². The topological polar surface area (TPSA) is 32.7 Å². The minimum absolute atomic E-state index is 0.134. The largest absolute Gasteiger partial charge is 0.281 e. The SMILES string of the molecule is O=C1/C(=C\c2ccccc2Br)C(c2ccccc2)=NN1c1ccccc1. The normalized spacial score (nSPS) is 15.4. The molecular weight excluding hydrogens is 388 g/mol. The number of halogens is 1. The summed E-state index contributed by atoms with van der Waals surface area (Å²) >= 11 is 3.55. The monoisotopic (exact) mass is 402 g/mol. The minimum Gasteiger partial charge on any atom is -0.267 e. The van der Waals surface area contributed by atoms with Gasteiger partial charge in [0, 0.05) is 10.0 Å². The smallest absolute Gasteiger partial charge is 0.267 e. The molecule has 0 aliphatic carbocycles. The van der Waals surface area contributed by atoms with Crippen molar-refractivity contribution in [3.05, 3.63) is 106 Å². The highest BCUT2D eigenvalue weighted by molar-refractivity contribution is 9.10. The molecule has 1 heterocycles. The predicted octanol–water partition coefficient (Wildman–Crippen LogP) is 5.28. The quantitative estimate of drug-likeness (QED) is 0.548. The van der Waals surface area contributed by atoms with E-state index in [2.05, 4.69) is 21.0 Å². The van der Waals surface area contributed by atoms with Gasteiger partial charge < -0.3 is 0 Å². The van der Waals surface area contributed by atoms with E-state index in [0.29, 0.717) is 11.3 Å². The molecule has 26 heavy (non-hydrogen) atoms. The fraction of sp³-hybridized carbons (Fsp3) is 0. The van der Waals surface area contributed by atoms with Crippen LogP contribution >= 0.6 is 15.9 Å². The Bertz CT molecular complexity index is 1010. The Hall–Kier alpha value is -2.98. The number of hydrogen-bond acceptors (Lipinski definition) is 2. The van der Waals surface area contributed by atoms with Crippen molar-refractivity contribution in [1.82, 2.24) is 0 Å². The molecule has 3 aromatic carbocycles. The molecule has 0 N–H and O–H groups in total. The van der Waals surface area contributed by atoms with Crippen LogP contribution in [0.1, 0.15) is 11.1 Å². The summed E-state index contributed by atoms with van der Waals surface area (Å²) in [7, 11) is 0. The molecule has 4 heteroatoms. The van der Waals surface area contributed by atoms with Crippen LogP contribution in [0.3, 0.4) is 0 Å². The summed E-state index contributed by atoms with van der Waals surface area (Å²) in [4.78, 5) is 13.1. The summed E-state index contributed by atoms with van der Waals surface area (Å²) < 4.78 is 0.936. The van der Waals surface area contributed by atoms with Crippen LogP contribution in [-0.4, -0.2) is 11.6 Å². The van der Waals surface area contributed by atoms with E-state index >= 15 is 0 Å². The van der Waals surface area contributed by atoms with E-state index in [9.17, 15) is 4.79 Å². The van der Waals surface area contributed by atoms with Gasteiger partial charge in [-0.3, -0.25) is 4.79 Å². The minimum atomic E-state index is -0.134. The van der Waals surface area contributed by atoms with Crippen LogP contribution in [-0.2, 0) is 4.79 Å². The van der Waals surface area contributed by atoms with Gasteiger partial charge in [-0.25, -0.2) is 0 Å². The fourth-order valence-corrected chi connectivity index (χ4v) is 3.25. The standard InChI is InChI=1S/C22H15BrN2O/c23-20-14-8-7-11-17(20)15-19-21(16-9-3-1-4-10-16)24-25(22(19)26)18-12-5-2-6-13-18/h1-15H/b19-15-. The van der Waals surface area contributed by atoms with Crippen LogP contribution in [0, 0.1) is 0 Å². The highest BCUT2D eigenvalue weighted by Gasteiger charge is 2.31. The Labute approximate surface area is 160 Å². The summed E-state index contributed by atoms with van der Waals surface area (Å²) in [5.41, 5.74) is 3.86. The van der Waals surface area contributed by atoms with Gasteiger partial charge in [0.05, 0.1) is 11.3 Å². The molecule has 126 valence electrons. The Kier molecular flexibility index (Phi) is 4.50. The average Bonchev–Trinajstić information content (AvgIpc) is 3.01. The van der Waals surface area contributed by atoms with Crippen molar-refractivity contribution in [1.29, 1.82) is 0 Å². The zero-order valence-electron chi connectivity index (χ0n) is 13.8. The number of anilines is 1. The molecule has 1 amide bonds. The first-order valence-electron chi connectivity index (χ1n) is 8.24. The van der Waals surface area contributed by atoms with Gasteiger partial charge in [0.15, 0.2) is 0 Å². The molecule has 0 fully saturated rings. The summed E-state index contributed by atoms with van der Waals surface area (Å²) in [6.07, 6.45) is 1.89. The maximum Gasteiger partial charge on any atom is 0.281 e. The molecule has 0 saturated carbocycles. The first kappa shape index (κ1) is 16.5. The van der Waals surface area contributed by atoms with E-state index in [-0.39, 0.29) is 5.91 Å². The van der Waals surface area contributed by atoms with Crippen molar-refractivity contribution in [2.45, 2.75) is 0 Å². The summed E-state index contributed by atoms with van der Waals surface area (Å²) in [5, 5.41) is 6.10. The molecule has 0 radical (unpaired) electrons. The van der Waals surface area contributed by atoms with Gasteiger partial charge >= 0.3 is 0 Å². The Morgan fingerprint density at radius 1 is 0.808 bits per heavy atom. The number of para-hydroxylation sites is 1. The molecule has 1 aliphatic heterocycles. The van der Waals surface area contributed by atoms with E-state index in [1.165, 1.54) is 5.01 Å². The number of benzene rings is 3. The summed E-state index contributed by atoms with van der Waals surface area (Å²) in [6, 6.07) is 27.1. The molecular formula is C22H15BrN2O. The Morgan fingerprint density at radius 3 is 2.12 bits per heavy atom. The van der Waals surface area contributed by atoms with Crippen molar-refractivity contribution in [3.63, 3.8) is 0 Å². The molecule has 0 saturated heterocycles. The van der Waals surface area contributed by atoms with Crippen LogP contribution in [0.15, 0.2) is 100 Å². The van der Waals surface area contributed by atoms with Crippen LogP contribution in [0.2, 0.25) is 0 Å². The highest BCUT2D eigenvalue weighted by atomic mass is 79.9. The number of carbonyl (C=O) groups excluding carboxylic acids is 1. The van der Waals surface area contributed by atoms with Gasteiger partial charge in [-0.1, -0.05) is 82.7 Å². The molecule has 0 unspecified atom stereocenters. The van der Waals surface area contributed by atoms with Gasteiger partial charge in [0.1, 0.15) is 5.71 Å². The van der Waals surface area contributed by atoms with Crippen LogP contribution in [0.25, 0.3) is 6.08 Å². The number of hydrazone groups is 1. The van der Waals surface area contributed by atoms with E-state index in [1.807, 2.05) is 91.0 Å². The lowest BCUT2D eigenvalue weighted by Gasteiger charge is -2.11. The molecule has 0 spiro atoms. The summed E-state index contributed by atoms with van der Waals surface area (Å²) in [5.74, 6) is -0.134. The predicted molar refractivity (Wildman–Crippen MR) is 109 cm³/mol. The lowest BCUT2D eigenvalue weighted by atomic mass is 10.0. The number of nitrogens with zero attached hydrogens (tertiary/aromatic N) is 2. The van der Waals surface area contributed by atoms with Gasteiger partial charge in [-0.2, -0.15) is 10.1 Å². The van der Waals surface area contributed by atoms with E-state index < -0.39 is 0 Å². The zero-order chi connectivity index (χ0) is 17.9. The lowest BCUT2D eigenvalue weighted by Crippen LogP contribution is -2.21. The van der Waals surface area contributed by atoms with Crippen LogP contribution in [0.4, 0.5) is 5.69 Å². The van der Waals surface area contributed by atoms with Gasteiger partial charge in [-0.05, 0) is 29.8 Å². The fourth-order valence-electron chi connectivity index (χ4n) is 2.85. The third-order valence-corrected chi connectivity index (χ3v) is 4.85. The second-order valence-corrected chi connectivity index (χ2v) is 6.70. The maximum absolute atomic E-state index is 13.1. The lowest BCUT2D eigenvalue weighted by molar-refractivity contribution is -0.114. The molecule has 0 atom stereocenters. The Morgan fingerprint density at radius 2 is 1.42 bits per heavy atom. The van der Waals surface area contributed by atoms with Crippen LogP contribution < -0.4 is 5.01 Å². The molecule has 0 bridgehead atoms. The molecule has 3 nitrogen and oxygen atoms in total. The second kappa shape index (κ2) is 7.10. The van der Waals surface area contributed by atoms with Crippen molar-refractivity contribution in [3.8, 4) is 0 Å². The summed E-state index contributed by atoms with van der Waals surface area (Å²) in [6.45, 7) is 0. The van der Waals surface area contributed by atoms with Gasteiger partial charge in [-0.15, -0.1) is 0 Å². The zero-order valence-corrected chi connectivity index (χ0v) is 15.4. The van der Waals surface area contributed by atoms with Gasteiger partial charge in [0.2, 0.25) is 0 Å².